The molecule has 0 bridgehead atoms. The first-order valence-corrected chi connectivity index (χ1v) is 5.55. The van der Waals surface area contributed by atoms with Gasteiger partial charge < -0.3 is 10.6 Å². The molecule has 0 aromatic heterocycles. The fraction of sp³-hybridized carbons (Fsp3) is 0.455. The summed E-state index contributed by atoms with van der Waals surface area (Å²) in [6, 6.07) is 3.08. The lowest BCUT2D eigenvalue weighted by Gasteiger charge is -2.10. The van der Waals surface area contributed by atoms with Crippen LogP contribution in [0.5, 0.6) is 0 Å². The summed E-state index contributed by atoms with van der Waals surface area (Å²) in [5, 5.41) is 6.68. The first-order valence-electron chi connectivity index (χ1n) is 5.17. The van der Waals surface area contributed by atoms with E-state index in [2.05, 4.69) is 17.6 Å². The highest BCUT2D eigenvalue weighted by molar-refractivity contribution is 6.31. The molecule has 1 aliphatic rings. The zero-order valence-corrected chi connectivity index (χ0v) is 9.37. The molecule has 1 aromatic rings. The van der Waals surface area contributed by atoms with Crippen LogP contribution in [0.1, 0.15) is 13.3 Å². The van der Waals surface area contributed by atoms with E-state index in [1.54, 1.807) is 6.07 Å². The summed E-state index contributed by atoms with van der Waals surface area (Å²) in [6.45, 7) is 3.92. The van der Waals surface area contributed by atoms with Gasteiger partial charge in [0.2, 0.25) is 0 Å². The summed E-state index contributed by atoms with van der Waals surface area (Å²) in [4.78, 5) is 0. The number of benzene rings is 1. The molecule has 0 saturated heterocycles. The van der Waals surface area contributed by atoms with E-state index in [1.165, 1.54) is 6.07 Å². The van der Waals surface area contributed by atoms with E-state index >= 15 is 0 Å². The molecule has 0 radical (unpaired) electrons. The molecule has 0 aliphatic carbocycles. The van der Waals surface area contributed by atoms with Crippen LogP contribution in [0.25, 0.3) is 0 Å². The summed E-state index contributed by atoms with van der Waals surface area (Å²) in [5.74, 6) is 0.193. The Labute approximate surface area is 93.8 Å². The van der Waals surface area contributed by atoms with Gasteiger partial charge in [-0.05, 0) is 18.4 Å². The van der Waals surface area contributed by atoms with E-state index < -0.39 is 0 Å². The van der Waals surface area contributed by atoms with Crippen molar-refractivity contribution >= 4 is 23.0 Å². The summed E-state index contributed by atoms with van der Waals surface area (Å²) in [5.41, 5.74) is 1.69. The number of hydrogen-bond acceptors (Lipinski definition) is 2. The van der Waals surface area contributed by atoms with Gasteiger partial charge in [-0.1, -0.05) is 18.5 Å². The maximum atomic E-state index is 13.2. The van der Waals surface area contributed by atoms with Gasteiger partial charge in [-0.2, -0.15) is 0 Å². The van der Waals surface area contributed by atoms with Crippen LogP contribution in [0.3, 0.4) is 0 Å². The molecule has 2 N–H and O–H groups in total. The molecule has 2 rings (SSSR count). The van der Waals surface area contributed by atoms with Crippen molar-refractivity contribution < 1.29 is 4.39 Å². The standard InChI is InChI=1S/C11H14ClFN2/c1-2-7-5-14-10-3-8(12)9(13)4-11(10)15-6-7/h3-4,7,14-15H,2,5-6H2,1H3. The lowest BCUT2D eigenvalue weighted by molar-refractivity contribution is 0.570. The second kappa shape index (κ2) is 4.27. The molecule has 82 valence electrons. The van der Waals surface area contributed by atoms with Crippen LogP contribution in [0.4, 0.5) is 15.8 Å². The van der Waals surface area contributed by atoms with Gasteiger partial charge >= 0.3 is 0 Å². The SMILES string of the molecule is CCC1CNc2cc(F)c(Cl)cc2NC1. The van der Waals surface area contributed by atoms with Gasteiger partial charge in [0.25, 0.3) is 0 Å². The van der Waals surface area contributed by atoms with E-state index in [0.717, 1.165) is 30.9 Å². The third kappa shape index (κ3) is 2.17. The molecule has 4 heteroatoms. The van der Waals surface area contributed by atoms with E-state index in [-0.39, 0.29) is 10.8 Å². The van der Waals surface area contributed by atoms with E-state index in [0.29, 0.717) is 5.92 Å². The van der Waals surface area contributed by atoms with Crippen LogP contribution in [0, 0.1) is 11.7 Å². The van der Waals surface area contributed by atoms with Crippen molar-refractivity contribution in [3.63, 3.8) is 0 Å². The summed E-state index contributed by atoms with van der Waals surface area (Å²) in [6.07, 6.45) is 1.10. The quantitative estimate of drug-likeness (QED) is 0.771. The molecule has 0 saturated carbocycles. The average Bonchev–Trinajstić information content (AvgIpc) is 2.42. The monoisotopic (exact) mass is 228 g/mol. The molecule has 0 fully saturated rings. The van der Waals surface area contributed by atoms with Crippen molar-refractivity contribution in [2.45, 2.75) is 13.3 Å². The third-order valence-corrected chi connectivity index (χ3v) is 3.09. The molecule has 1 aromatic carbocycles. The second-order valence-electron chi connectivity index (χ2n) is 3.85. The summed E-state index contributed by atoms with van der Waals surface area (Å²) < 4.78 is 13.2. The predicted molar refractivity (Wildman–Crippen MR) is 62.2 cm³/mol. The first-order chi connectivity index (χ1) is 7.20. The normalized spacial score (nSPS) is 19.8. The predicted octanol–water partition coefficient (Wildman–Crippen LogP) is 3.34. The molecule has 1 heterocycles. The Morgan fingerprint density at radius 2 is 1.93 bits per heavy atom. The van der Waals surface area contributed by atoms with Gasteiger partial charge in [-0.25, -0.2) is 4.39 Å². The van der Waals surface area contributed by atoms with Gasteiger partial charge in [-0.3, -0.25) is 0 Å². The summed E-state index contributed by atoms with van der Waals surface area (Å²) >= 11 is 5.73. The highest BCUT2D eigenvalue weighted by Gasteiger charge is 2.15. The van der Waals surface area contributed by atoms with Gasteiger partial charge in [0.1, 0.15) is 5.82 Å². The van der Waals surface area contributed by atoms with E-state index in [1.807, 2.05) is 0 Å². The van der Waals surface area contributed by atoms with E-state index in [9.17, 15) is 4.39 Å². The molecule has 15 heavy (non-hydrogen) atoms. The Balaban J connectivity index is 2.27. The van der Waals surface area contributed by atoms with Crippen molar-refractivity contribution in [1.82, 2.24) is 0 Å². The largest absolute Gasteiger partial charge is 0.383 e. The lowest BCUT2D eigenvalue weighted by atomic mass is 10.1. The van der Waals surface area contributed by atoms with Crippen LogP contribution in [0.15, 0.2) is 12.1 Å². The van der Waals surface area contributed by atoms with Crippen molar-refractivity contribution in [3.8, 4) is 0 Å². The smallest absolute Gasteiger partial charge is 0.143 e. The van der Waals surface area contributed by atoms with Crippen LogP contribution in [-0.2, 0) is 0 Å². The van der Waals surface area contributed by atoms with Crippen molar-refractivity contribution in [2.24, 2.45) is 5.92 Å². The van der Waals surface area contributed by atoms with Gasteiger partial charge in [0.05, 0.1) is 16.4 Å². The molecule has 2 nitrogen and oxygen atoms in total. The number of nitrogens with one attached hydrogen (secondary N) is 2. The molecule has 1 aliphatic heterocycles. The van der Waals surface area contributed by atoms with Crippen LogP contribution >= 0.6 is 11.6 Å². The Kier molecular flexibility index (Phi) is 3.00. The number of fused-ring (bicyclic) bond motifs is 1. The van der Waals surface area contributed by atoms with Crippen molar-refractivity contribution in [3.05, 3.63) is 23.0 Å². The first kappa shape index (κ1) is 10.6. The van der Waals surface area contributed by atoms with Crippen LogP contribution < -0.4 is 10.6 Å². The van der Waals surface area contributed by atoms with Crippen molar-refractivity contribution in [1.29, 1.82) is 0 Å². The number of anilines is 2. The Hall–Kier alpha value is -0.960. The maximum Gasteiger partial charge on any atom is 0.143 e. The molecular formula is C11H14ClFN2. The van der Waals surface area contributed by atoms with Gasteiger partial charge in [0, 0.05) is 19.2 Å². The zero-order chi connectivity index (χ0) is 10.8. The molecule has 0 amide bonds. The highest BCUT2D eigenvalue weighted by atomic mass is 35.5. The third-order valence-electron chi connectivity index (χ3n) is 2.80. The molecule has 0 spiro atoms. The Morgan fingerprint density at radius 3 is 2.53 bits per heavy atom. The highest BCUT2D eigenvalue weighted by Crippen LogP contribution is 2.30. The Morgan fingerprint density at radius 1 is 1.33 bits per heavy atom. The maximum absolute atomic E-state index is 13.2. The Bertz CT molecular complexity index is 335. The summed E-state index contributed by atoms with van der Waals surface area (Å²) in [7, 11) is 0. The van der Waals surface area contributed by atoms with Crippen LogP contribution in [0.2, 0.25) is 5.02 Å². The van der Waals surface area contributed by atoms with E-state index in [4.69, 9.17) is 11.6 Å². The fourth-order valence-electron chi connectivity index (χ4n) is 1.71. The molecule has 1 atom stereocenters. The lowest BCUT2D eigenvalue weighted by Crippen LogP contribution is -2.17. The minimum atomic E-state index is -0.375. The minimum Gasteiger partial charge on any atom is -0.383 e. The van der Waals surface area contributed by atoms with Gasteiger partial charge in [-0.15, -0.1) is 0 Å². The fourth-order valence-corrected chi connectivity index (χ4v) is 1.87. The molecular weight excluding hydrogens is 215 g/mol. The topological polar surface area (TPSA) is 24.1 Å². The van der Waals surface area contributed by atoms with Crippen molar-refractivity contribution in [2.75, 3.05) is 23.7 Å². The average molecular weight is 229 g/mol. The number of halogens is 2. The second-order valence-corrected chi connectivity index (χ2v) is 4.26. The minimum absolute atomic E-state index is 0.165. The number of hydrogen-bond donors (Lipinski definition) is 2. The molecule has 1 unspecified atom stereocenters. The number of rotatable bonds is 1. The van der Waals surface area contributed by atoms with Crippen LogP contribution in [-0.4, -0.2) is 13.1 Å². The van der Waals surface area contributed by atoms with Gasteiger partial charge in [0.15, 0.2) is 0 Å². The zero-order valence-electron chi connectivity index (χ0n) is 8.61.